The minimum Gasteiger partial charge on any atom is -0.452 e. The number of fused-ring (bicyclic) bond motifs is 22. The second kappa shape index (κ2) is 33.0. The van der Waals surface area contributed by atoms with E-state index in [-0.39, 0.29) is 0 Å². The van der Waals surface area contributed by atoms with Crippen molar-refractivity contribution in [1.29, 1.82) is 0 Å². The Morgan fingerprint density at radius 3 is 1.21 bits per heavy atom. The zero-order valence-electron chi connectivity index (χ0n) is 75.0. The summed E-state index contributed by atoms with van der Waals surface area (Å²) in [6.45, 7) is 0. The molecule has 0 saturated heterocycles. The van der Waals surface area contributed by atoms with Crippen LogP contribution in [0.2, 0.25) is 0 Å². The van der Waals surface area contributed by atoms with Gasteiger partial charge in [0, 0.05) is 134 Å². The smallest absolute Gasteiger partial charge is 0.172 e. The monoisotopic (exact) mass is 1780 g/mol. The fraction of sp³-hybridized carbons (Fsp3) is 0. The van der Waals surface area contributed by atoms with Gasteiger partial charge in [-0.05, 0) is 216 Å². The standard InChI is InChI=1S/C46H30N4.C40H24N4O.C40H26N4/c1-3-12-31(13-4-1)33-26-34(42-19-11-18-41(48-42)32-22-24-47-25-23-32)28-36(27-33)50-44-21-10-8-17-38(44)40-29-39-37-16-7-9-20-43(37)49(45(39)30-46(40)50)35-14-5-2-6-15-35;1-2-9-26(10-3-1)44-33-15-6-4-11-29(33)30-21-22-35-37(39(30)44)31-12-5-7-16-34(31)43(35)27-19-17-25(18-20-27)28-13-8-14-32-38-36(45-40(28)32)23-41-24-42-38;1-2-11-27(12-3-1)28-20-22-29(23-21-28)43-36-17-6-4-13-30(36)32-25-33-31-14-5-7-18-37(31)44(39(33)26-38(32)43)40-19-10-16-35(42-40)34-15-8-9-24-41-34/h1-30H;1-24H;1-26H. The van der Waals surface area contributed by atoms with Gasteiger partial charge >= 0.3 is 0 Å². The Morgan fingerprint density at radius 1 is 0.201 bits per heavy atom. The normalized spacial score (nSPS) is 11.7. The number of para-hydroxylation sites is 9. The molecular weight excluding hydrogens is 1700 g/mol. The molecule has 13 nitrogen and oxygen atoms in total. The van der Waals surface area contributed by atoms with Crippen molar-refractivity contribution in [3.63, 3.8) is 0 Å². The summed E-state index contributed by atoms with van der Waals surface area (Å²) >= 11 is 0. The molecule has 0 amide bonds. The van der Waals surface area contributed by atoms with E-state index in [1.54, 1.807) is 12.5 Å². The molecule has 17 aromatic carbocycles. The third kappa shape index (κ3) is 13.4. The second-order valence-corrected chi connectivity index (χ2v) is 35.3. The van der Waals surface area contributed by atoms with Gasteiger partial charge in [-0.15, -0.1) is 0 Å². The van der Waals surface area contributed by atoms with Gasteiger partial charge in [-0.3, -0.25) is 14.5 Å². The molecule has 29 rings (SSSR count). The fourth-order valence-electron chi connectivity index (χ4n) is 21.3. The summed E-state index contributed by atoms with van der Waals surface area (Å²) in [5.41, 5.74) is 34.6. The second-order valence-electron chi connectivity index (χ2n) is 35.3. The van der Waals surface area contributed by atoms with Crippen molar-refractivity contribution in [3.8, 4) is 102 Å². The van der Waals surface area contributed by atoms with Crippen LogP contribution in [0.15, 0.2) is 491 Å². The molecule has 12 aromatic heterocycles. The predicted octanol–water partition coefficient (Wildman–Crippen LogP) is 31.9. The molecule has 0 aliphatic carbocycles. The number of benzene rings is 17. The first-order valence-electron chi connectivity index (χ1n) is 46.8. The summed E-state index contributed by atoms with van der Waals surface area (Å²) in [4.78, 5) is 27.7. The van der Waals surface area contributed by atoms with E-state index in [1.807, 2.05) is 55.0 Å². The molecule has 0 saturated carbocycles. The van der Waals surface area contributed by atoms with Crippen LogP contribution in [0.1, 0.15) is 0 Å². The fourth-order valence-corrected chi connectivity index (χ4v) is 21.3. The van der Waals surface area contributed by atoms with Crippen molar-refractivity contribution < 1.29 is 4.42 Å². The van der Waals surface area contributed by atoms with Crippen LogP contribution in [0.25, 0.3) is 254 Å². The largest absolute Gasteiger partial charge is 0.452 e. The average Bonchev–Trinajstić information content (AvgIpc) is 1.56. The van der Waals surface area contributed by atoms with Crippen molar-refractivity contribution in [1.82, 2.24) is 57.3 Å². The number of hydrogen-bond acceptors (Lipinski definition) is 7. The summed E-state index contributed by atoms with van der Waals surface area (Å²) in [6.07, 6.45) is 8.73. The van der Waals surface area contributed by atoms with Crippen molar-refractivity contribution >= 4 is 153 Å². The van der Waals surface area contributed by atoms with E-state index in [2.05, 4.69) is 466 Å². The van der Waals surface area contributed by atoms with Gasteiger partial charge in [0.15, 0.2) is 5.58 Å². The van der Waals surface area contributed by atoms with Gasteiger partial charge in [0.2, 0.25) is 0 Å². The highest BCUT2D eigenvalue weighted by Crippen LogP contribution is 2.47. The van der Waals surface area contributed by atoms with E-state index < -0.39 is 0 Å². The molecule has 650 valence electrons. The van der Waals surface area contributed by atoms with Gasteiger partial charge in [-0.25, -0.2) is 19.9 Å². The van der Waals surface area contributed by atoms with E-state index in [9.17, 15) is 0 Å². The van der Waals surface area contributed by atoms with Crippen molar-refractivity contribution in [2.45, 2.75) is 0 Å². The summed E-state index contributed by atoms with van der Waals surface area (Å²) in [6, 6.07) is 162. The van der Waals surface area contributed by atoms with Crippen LogP contribution < -0.4 is 0 Å². The topological polar surface area (TPSA) is 120 Å². The van der Waals surface area contributed by atoms with Crippen LogP contribution in [-0.4, -0.2) is 57.3 Å². The summed E-state index contributed by atoms with van der Waals surface area (Å²) < 4.78 is 20.5. The first-order chi connectivity index (χ1) is 69.0. The van der Waals surface area contributed by atoms with Gasteiger partial charge in [0.1, 0.15) is 23.2 Å². The lowest BCUT2D eigenvalue weighted by Crippen LogP contribution is -1.99. The van der Waals surface area contributed by atoms with Crippen LogP contribution in [0, 0.1) is 0 Å². The lowest BCUT2D eigenvalue weighted by atomic mass is 9.99. The van der Waals surface area contributed by atoms with Gasteiger partial charge in [-0.2, -0.15) is 0 Å². The number of hydrogen-bond donors (Lipinski definition) is 0. The molecule has 0 unspecified atom stereocenters. The molecule has 29 aromatic rings. The van der Waals surface area contributed by atoms with E-state index in [0.29, 0.717) is 5.58 Å². The zero-order chi connectivity index (χ0) is 91.5. The number of aromatic nitrogens is 12. The van der Waals surface area contributed by atoms with Crippen molar-refractivity contribution in [3.05, 3.63) is 486 Å². The molecule has 0 N–H and O–H groups in total. The number of nitrogens with zero attached hydrogens (tertiary/aromatic N) is 12. The molecule has 0 aliphatic rings. The Bertz CT molecular complexity index is 9870. The Kier molecular flexibility index (Phi) is 19.0. The molecule has 0 bridgehead atoms. The van der Waals surface area contributed by atoms with Gasteiger partial charge in [-0.1, -0.05) is 267 Å². The molecule has 0 atom stereocenters. The van der Waals surface area contributed by atoms with Gasteiger partial charge in [0.05, 0.1) is 95.2 Å². The first-order valence-corrected chi connectivity index (χ1v) is 46.8. The molecular formula is C126H80N12O. The van der Waals surface area contributed by atoms with Crippen molar-refractivity contribution in [2.24, 2.45) is 0 Å². The highest BCUT2D eigenvalue weighted by atomic mass is 16.3. The first kappa shape index (κ1) is 79.7. The van der Waals surface area contributed by atoms with Crippen LogP contribution in [-0.2, 0) is 0 Å². The minimum atomic E-state index is 0.695. The highest BCUT2D eigenvalue weighted by Gasteiger charge is 2.26. The lowest BCUT2D eigenvalue weighted by molar-refractivity contribution is 0.666. The minimum absolute atomic E-state index is 0.695. The van der Waals surface area contributed by atoms with E-state index in [4.69, 9.17) is 14.4 Å². The molecule has 0 spiro atoms. The maximum atomic E-state index is 6.24. The van der Waals surface area contributed by atoms with Crippen molar-refractivity contribution in [2.75, 3.05) is 0 Å². The van der Waals surface area contributed by atoms with Crippen LogP contribution >= 0.6 is 0 Å². The molecule has 139 heavy (non-hydrogen) atoms. The SMILES string of the molecule is c1ccc(-c2cc(-c3cccc(-c4ccncc4)n3)cc(-n3c4ccccc4c4cc5c6ccccc6n(-c6ccccc6)c5cc43)c2)cc1.c1ccc(-c2ccc(-n3c4ccccc4c4cc5c6ccccc6n(-c6cccc(-c7ccccn7)n6)c5cc43)cc2)cc1.c1ccc(-n2c3ccccc3c3ccc4c(c5ccccc5n4-c4ccc(-c5cccc6c5oc5cncnc56)cc4)c32)cc1. The molecule has 0 radical (unpaired) electrons. The van der Waals surface area contributed by atoms with Crippen LogP contribution in [0.3, 0.4) is 0 Å². The molecule has 0 aliphatic heterocycles. The average molecular weight is 1780 g/mol. The van der Waals surface area contributed by atoms with E-state index >= 15 is 0 Å². The quantitative estimate of drug-likeness (QED) is 0.119. The molecule has 13 heteroatoms. The third-order valence-electron chi connectivity index (χ3n) is 27.5. The maximum absolute atomic E-state index is 6.24. The number of rotatable bonds is 12. The van der Waals surface area contributed by atoms with Gasteiger partial charge in [0.25, 0.3) is 0 Å². The molecule has 12 heterocycles. The van der Waals surface area contributed by atoms with Crippen LogP contribution in [0.5, 0.6) is 0 Å². The maximum Gasteiger partial charge on any atom is 0.172 e. The third-order valence-corrected chi connectivity index (χ3v) is 27.5. The van der Waals surface area contributed by atoms with E-state index in [1.165, 1.54) is 120 Å². The highest BCUT2D eigenvalue weighted by molar-refractivity contribution is 6.27. The van der Waals surface area contributed by atoms with Crippen LogP contribution in [0.4, 0.5) is 0 Å². The predicted molar refractivity (Wildman–Crippen MR) is 572 cm³/mol. The Morgan fingerprint density at radius 2 is 0.626 bits per heavy atom. The summed E-state index contributed by atoms with van der Waals surface area (Å²) in [5.74, 6) is 0.869. The Labute approximate surface area is 796 Å². The zero-order valence-corrected chi connectivity index (χ0v) is 75.0. The molecule has 0 fully saturated rings. The van der Waals surface area contributed by atoms with E-state index in [0.717, 1.165) is 129 Å². The Balaban J connectivity index is 0.000000105. The number of furan rings is 1. The summed E-state index contributed by atoms with van der Waals surface area (Å²) in [7, 11) is 0. The Hall–Kier alpha value is -19.0. The van der Waals surface area contributed by atoms with Gasteiger partial charge < -0.3 is 27.3 Å². The lowest BCUT2D eigenvalue weighted by Gasteiger charge is -2.14. The number of pyridine rings is 4. The summed E-state index contributed by atoms with van der Waals surface area (Å²) in [5, 5.41) is 15.8.